The molecule has 0 aliphatic carbocycles. The topological polar surface area (TPSA) is 88.0 Å². The first-order chi connectivity index (χ1) is 13.1. The second-order valence-electron chi connectivity index (χ2n) is 5.87. The molecule has 2 aromatic carbocycles. The third kappa shape index (κ3) is 4.59. The molecule has 0 spiro atoms. The third-order valence-electron chi connectivity index (χ3n) is 3.96. The van der Waals surface area contributed by atoms with E-state index in [2.05, 4.69) is 20.9 Å². The molecular formula is C19H21N5O2S. The Bertz CT molecular complexity index is 952. The van der Waals surface area contributed by atoms with Gasteiger partial charge < -0.3 is 20.5 Å². The fourth-order valence-corrected chi connectivity index (χ4v) is 3.19. The Balaban J connectivity index is 1.71. The van der Waals surface area contributed by atoms with Gasteiger partial charge in [-0.3, -0.25) is 4.79 Å². The van der Waals surface area contributed by atoms with Crippen LogP contribution >= 0.6 is 11.8 Å². The summed E-state index contributed by atoms with van der Waals surface area (Å²) < 4.78 is 1.95. The van der Waals surface area contributed by atoms with E-state index in [1.807, 2.05) is 35.1 Å². The molecule has 0 aliphatic heterocycles. The zero-order valence-corrected chi connectivity index (χ0v) is 16.0. The lowest BCUT2D eigenvalue weighted by Crippen LogP contribution is -2.24. The van der Waals surface area contributed by atoms with E-state index in [-0.39, 0.29) is 18.5 Å². The van der Waals surface area contributed by atoms with Gasteiger partial charge in [0, 0.05) is 18.4 Å². The van der Waals surface area contributed by atoms with Crippen LogP contribution in [0.3, 0.4) is 0 Å². The highest BCUT2D eigenvalue weighted by atomic mass is 32.2. The molecule has 1 aromatic heterocycles. The number of para-hydroxylation sites is 2. The molecule has 3 amide bonds. The number of fused-ring (bicyclic) bond motifs is 1. The summed E-state index contributed by atoms with van der Waals surface area (Å²) in [5.41, 5.74) is 3.15. The van der Waals surface area contributed by atoms with Crippen LogP contribution in [-0.2, 0) is 17.1 Å². The van der Waals surface area contributed by atoms with Gasteiger partial charge in [0.05, 0.1) is 16.8 Å². The fourth-order valence-electron chi connectivity index (χ4n) is 2.72. The molecule has 0 unspecified atom stereocenters. The number of carbonyl (C=O) groups is 2. The van der Waals surface area contributed by atoms with Gasteiger partial charge in [-0.2, -0.15) is 11.8 Å². The average Bonchev–Trinajstić information content (AvgIpc) is 3.01. The van der Waals surface area contributed by atoms with Crippen LogP contribution in [0.4, 0.5) is 16.2 Å². The van der Waals surface area contributed by atoms with Crippen molar-refractivity contribution in [2.45, 2.75) is 12.3 Å². The molecule has 8 heteroatoms. The largest absolute Gasteiger partial charge is 0.341 e. The minimum atomic E-state index is -0.292. The first kappa shape index (κ1) is 18.8. The van der Waals surface area contributed by atoms with E-state index < -0.39 is 0 Å². The molecule has 3 N–H and O–H groups in total. The summed E-state index contributed by atoms with van der Waals surface area (Å²) in [4.78, 5) is 28.5. The van der Waals surface area contributed by atoms with E-state index in [9.17, 15) is 9.59 Å². The number of anilines is 2. The quantitative estimate of drug-likeness (QED) is 0.609. The van der Waals surface area contributed by atoms with Gasteiger partial charge in [-0.1, -0.05) is 12.1 Å². The number of benzene rings is 2. The average molecular weight is 383 g/mol. The van der Waals surface area contributed by atoms with Crippen LogP contribution in [0.15, 0.2) is 48.5 Å². The lowest BCUT2D eigenvalue weighted by molar-refractivity contribution is -0.116. The first-order valence-electron chi connectivity index (χ1n) is 8.42. The summed E-state index contributed by atoms with van der Waals surface area (Å²) in [5.74, 6) is 1.48. The first-order valence-corrected chi connectivity index (χ1v) is 9.82. The maximum Gasteiger partial charge on any atom is 0.318 e. The van der Waals surface area contributed by atoms with E-state index >= 15 is 0 Å². The number of nitrogens with one attached hydrogen (secondary N) is 3. The Labute approximate surface area is 161 Å². The molecule has 7 nitrogen and oxygen atoms in total. The molecule has 0 radical (unpaired) electrons. The normalized spacial score (nSPS) is 10.6. The van der Waals surface area contributed by atoms with Gasteiger partial charge in [0.2, 0.25) is 5.91 Å². The summed E-state index contributed by atoms with van der Waals surface area (Å²) in [6, 6.07) is 14.5. The van der Waals surface area contributed by atoms with Crippen LogP contribution < -0.4 is 16.0 Å². The fraction of sp³-hybridized carbons (Fsp3) is 0.211. The number of rotatable bonds is 6. The van der Waals surface area contributed by atoms with Crippen LogP contribution in [0, 0.1) is 0 Å². The second-order valence-corrected chi connectivity index (χ2v) is 6.73. The van der Waals surface area contributed by atoms with Crippen molar-refractivity contribution in [1.82, 2.24) is 14.9 Å². The van der Waals surface area contributed by atoms with Crippen LogP contribution in [0.1, 0.15) is 5.82 Å². The maximum absolute atomic E-state index is 12.5. The SMILES string of the molecule is CNC(=O)Nc1ccc(NC(=O)Cn2c(CSC)nc3ccccc32)cc1. The van der Waals surface area contributed by atoms with Crippen molar-refractivity contribution in [3.63, 3.8) is 0 Å². The Morgan fingerprint density at radius 2 is 1.70 bits per heavy atom. The number of nitrogens with zero attached hydrogens (tertiary/aromatic N) is 2. The van der Waals surface area contributed by atoms with E-state index in [0.717, 1.165) is 22.6 Å². The van der Waals surface area contributed by atoms with Gasteiger partial charge in [-0.05, 0) is 42.7 Å². The van der Waals surface area contributed by atoms with E-state index in [1.54, 1.807) is 43.1 Å². The molecular weight excluding hydrogens is 362 g/mol. The number of urea groups is 1. The Hall–Kier alpha value is -3.00. The van der Waals surface area contributed by atoms with Crippen molar-refractivity contribution in [3.05, 3.63) is 54.4 Å². The molecule has 0 saturated heterocycles. The number of aromatic nitrogens is 2. The number of amides is 3. The highest BCUT2D eigenvalue weighted by Gasteiger charge is 2.13. The summed E-state index contributed by atoms with van der Waals surface area (Å²) in [5, 5.41) is 8.04. The lowest BCUT2D eigenvalue weighted by atomic mass is 10.2. The van der Waals surface area contributed by atoms with Crippen LogP contribution in [0.5, 0.6) is 0 Å². The van der Waals surface area contributed by atoms with Crippen molar-refractivity contribution < 1.29 is 9.59 Å². The minimum absolute atomic E-state index is 0.132. The maximum atomic E-state index is 12.5. The zero-order chi connectivity index (χ0) is 19.2. The van der Waals surface area contributed by atoms with Crippen molar-refractivity contribution in [2.75, 3.05) is 23.9 Å². The molecule has 3 aromatic rings. The van der Waals surface area contributed by atoms with Crippen LogP contribution in [-0.4, -0.2) is 34.8 Å². The van der Waals surface area contributed by atoms with Crippen molar-refractivity contribution in [3.8, 4) is 0 Å². The standard InChI is InChI=1S/C19H21N5O2S/c1-20-19(26)22-14-9-7-13(8-10-14)21-18(25)11-24-16-6-4-3-5-15(16)23-17(24)12-27-2/h3-10H,11-12H2,1-2H3,(H,21,25)(H2,20,22,26). The molecule has 0 fully saturated rings. The highest BCUT2D eigenvalue weighted by molar-refractivity contribution is 7.97. The molecule has 27 heavy (non-hydrogen) atoms. The van der Waals surface area contributed by atoms with Crippen LogP contribution in [0.2, 0.25) is 0 Å². The van der Waals surface area contributed by atoms with E-state index in [1.165, 1.54) is 0 Å². The summed E-state index contributed by atoms with van der Waals surface area (Å²) in [6.45, 7) is 0.189. The Kier molecular flexibility index (Phi) is 5.97. The molecule has 1 heterocycles. The number of thioether (sulfide) groups is 1. The smallest absolute Gasteiger partial charge is 0.318 e. The predicted molar refractivity (Wildman–Crippen MR) is 110 cm³/mol. The van der Waals surface area contributed by atoms with E-state index in [0.29, 0.717) is 11.4 Å². The number of hydrogen-bond acceptors (Lipinski definition) is 4. The molecule has 140 valence electrons. The van der Waals surface area contributed by atoms with Gasteiger partial charge in [-0.25, -0.2) is 9.78 Å². The Morgan fingerprint density at radius 1 is 1.04 bits per heavy atom. The van der Waals surface area contributed by atoms with Gasteiger partial charge in [0.25, 0.3) is 0 Å². The number of imidazole rings is 1. The minimum Gasteiger partial charge on any atom is -0.341 e. The van der Waals surface area contributed by atoms with Crippen molar-refractivity contribution >= 4 is 46.1 Å². The molecule has 0 saturated carbocycles. The number of hydrogen-bond donors (Lipinski definition) is 3. The third-order valence-corrected chi connectivity index (χ3v) is 4.51. The lowest BCUT2D eigenvalue weighted by Gasteiger charge is -2.10. The molecule has 0 aliphatic rings. The van der Waals surface area contributed by atoms with E-state index in [4.69, 9.17) is 0 Å². The second kappa shape index (κ2) is 8.59. The number of carbonyl (C=O) groups excluding carboxylic acids is 2. The van der Waals surface area contributed by atoms with Gasteiger partial charge >= 0.3 is 6.03 Å². The monoisotopic (exact) mass is 383 g/mol. The molecule has 0 atom stereocenters. The van der Waals surface area contributed by atoms with Crippen molar-refractivity contribution in [2.24, 2.45) is 0 Å². The van der Waals surface area contributed by atoms with Crippen molar-refractivity contribution in [1.29, 1.82) is 0 Å². The zero-order valence-electron chi connectivity index (χ0n) is 15.2. The van der Waals surface area contributed by atoms with Crippen LogP contribution in [0.25, 0.3) is 11.0 Å². The molecule has 0 bridgehead atoms. The summed E-state index contributed by atoms with van der Waals surface area (Å²) >= 11 is 1.67. The molecule has 3 rings (SSSR count). The predicted octanol–water partition coefficient (Wildman–Crippen LogP) is 3.29. The highest BCUT2D eigenvalue weighted by Crippen LogP contribution is 2.19. The van der Waals surface area contributed by atoms with Gasteiger partial charge in [0.15, 0.2) is 0 Å². The Morgan fingerprint density at radius 3 is 2.37 bits per heavy atom. The van der Waals surface area contributed by atoms with Gasteiger partial charge in [0.1, 0.15) is 12.4 Å². The summed E-state index contributed by atoms with van der Waals surface area (Å²) in [6.07, 6.45) is 2.01. The summed E-state index contributed by atoms with van der Waals surface area (Å²) in [7, 11) is 1.55. The van der Waals surface area contributed by atoms with Gasteiger partial charge in [-0.15, -0.1) is 0 Å².